The molecule has 58 heavy (non-hydrogen) atoms. The van der Waals surface area contributed by atoms with Gasteiger partial charge in [0.2, 0.25) is 11.8 Å². The predicted molar refractivity (Wildman–Crippen MR) is 232 cm³/mol. The van der Waals surface area contributed by atoms with E-state index >= 15 is 0 Å². The predicted octanol–water partition coefficient (Wildman–Crippen LogP) is 9.32. The average Bonchev–Trinajstić information content (AvgIpc) is 3.22. The molecule has 0 bridgehead atoms. The Kier molecular flexibility index (Phi) is 28.7. The van der Waals surface area contributed by atoms with Crippen molar-refractivity contribution in [2.45, 2.75) is 231 Å². The van der Waals surface area contributed by atoms with E-state index in [-0.39, 0.29) is 25.5 Å². The second kappa shape index (κ2) is 32.2. The quantitative estimate of drug-likeness (QED) is 0.0507. The van der Waals surface area contributed by atoms with E-state index in [0.717, 1.165) is 38.5 Å². The maximum absolute atomic E-state index is 14.2. The fourth-order valence-corrected chi connectivity index (χ4v) is 7.94. The number of carbonyl (C=O) groups is 3. The Morgan fingerprint density at radius 2 is 1.14 bits per heavy atom. The number of rotatable bonds is 33. The first kappa shape index (κ1) is 51.6. The molecule has 2 rings (SSSR count). The molecule has 1 saturated heterocycles. The van der Waals surface area contributed by atoms with Gasteiger partial charge >= 0.3 is 6.09 Å². The van der Waals surface area contributed by atoms with Gasteiger partial charge in [0.15, 0.2) is 6.23 Å². The van der Waals surface area contributed by atoms with Gasteiger partial charge in [-0.1, -0.05) is 192 Å². The molecule has 0 aromatic heterocycles. The van der Waals surface area contributed by atoms with Crippen molar-refractivity contribution in [2.24, 2.45) is 5.73 Å². The Balaban J connectivity index is 2.12. The molecule has 11 nitrogen and oxygen atoms in total. The molecule has 1 aromatic carbocycles. The van der Waals surface area contributed by atoms with Crippen molar-refractivity contribution >= 4 is 17.9 Å². The Hall–Kier alpha value is -2.57. The molecule has 1 aromatic rings. The third-order valence-corrected chi connectivity index (χ3v) is 11.6. The highest BCUT2D eigenvalue weighted by molar-refractivity contribution is 5.95. The number of aliphatic hydroxyl groups is 3. The van der Waals surface area contributed by atoms with Crippen molar-refractivity contribution in [3.05, 3.63) is 35.9 Å². The van der Waals surface area contributed by atoms with E-state index in [1.807, 2.05) is 6.07 Å². The zero-order valence-electron chi connectivity index (χ0n) is 36.7. The summed E-state index contributed by atoms with van der Waals surface area (Å²) < 4.78 is 11.8. The zero-order valence-corrected chi connectivity index (χ0v) is 36.7. The van der Waals surface area contributed by atoms with Crippen LogP contribution >= 0.6 is 0 Å². The van der Waals surface area contributed by atoms with E-state index in [1.165, 1.54) is 121 Å². The third-order valence-electron chi connectivity index (χ3n) is 11.6. The summed E-state index contributed by atoms with van der Waals surface area (Å²) in [6.07, 6.45) is 22.4. The normalized spacial score (nSPS) is 19.8. The van der Waals surface area contributed by atoms with E-state index < -0.39 is 55.2 Å². The number of nitrogens with two attached hydrogens (primary N) is 1. The van der Waals surface area contributed by atoms with Crippen molar-refractivity contribution in [3.8, 4) is 0 Å². The number of nitrogens with zero attached hydrogens (tertiary/aromatic N) is 2. The Morgan fingerprint density at radius 1 is 0.690 bits per heavy atom. The minimum Gasteiger partial charge on any atom is -0.444 e. The zero-order chi connectivity index (χ0) is 42.4. The summed E-state index contributed by atoms with van der Waals surface area (Å²) in [4.78, 5) is 43.9. The van der Waals surface area contributed by atoms with Gasteiger partial charge in [0, 0.05) is 13.0 Å². The minimum absolute atomic E-state index is 0.154. The summed E-state index contributed by atoms with van der Waals surface area (Å²) in [6.45, 7) is 5.35. The van der Waals surface area contributed by atoms with E-state index in [0.29, 0.717) is 23.3 Å². The molecule has 1 heterocycles. The fraction of sp³-hybridized carbons (Fsp3) is 0.809. The third kappa shape index (κ3) is 20.1. The molecule has 0 saturated carbocycles. The minimum atomic E-state index is -1.75. The number of carbonyl (C=O) groups excluding carboxylic acids is 3. The lowest BCUT2D eigenvalue weighted by Crippen LogP contribution is -2.71. The van der Waals surface area contributed by atoms with Crippen molar-refractivity contribution in [3.63, 3.8) is 0 Å². The first-order valence-electron chi connectivity index (χ1n) is 23.4. The fourth-order valence-electron chi connectivity index (χ4n) is 7.94. The summed E-state index contributed by atoms with van der Waals surface area (Å²) in [7, 11) is 0. The molecule has 1 aliphatic heterocycles. The Labute approximate surface area is 351 Å². The average molecular weight is 818 g/mol. The summed E-state index contributed by atoms with van der Waals surface area (Å²) >= 11 is 0. The molecule has 5 N–H and O–H groups in total. The van der Waals surface area contributed by atoms with Gasteiger partial charge in [-0.25, -0.2) is 9.69 Å². The maximum Gasteiger partial charge on any atom is 0.417 e. The van der Waals surface area contributed by atoms with Crippen LogP contribution < -0.4 is 5.73 Å². The smallest absolute Gasteiger partial charge is 0.417 e. The molecule has 0 aliphatic carbocycles. The number of hydrogen-bond acceptors (Lipinski definition) is 9. The van der Waals surface area contributed by atoms with Crippen LogP contribution in [0.4, 0.5) is 4.79 Å². The lowest BCUT2D eigenvalue weighted by atomic mass is 9.93. The molecule has 1 aliphatic rings. The second-order valence-electron chi connectivity index (χ2n) is 16.7. The highest BCUT2D eigenvalue weighted by Gasteiger charge is 2.53. The van der Waals surface area contributed by atoms with Crippen LogP contribution in [0.5, 0.6) is 0 Å². The van der Waals surface area contributed by atoms with Crippen LogP contribution in [-0.4, -0.2) is 92.8 Å². The van der Waals surface area contributed by atoms with Crippen LogP contribution in [0.2, 0.25) is 0 Å². The number of hydrogen-bond donors (Lipinski definition) is 4. The van der Waals surface area contributed by atoms with Gasteiger partial charge in [-0.2, -0.15) is 0 Å². The van der Waals surface area contributed by atoms with Gasteiger partial charge < -0.3 is 35.4 Å². The van der Waals surface area contributed by atoms with Crippen LogP contribution in [0.3, 0.4) is 0 Å². The second-order valence-corrected chi connectivity index (χ2v) is 16.7. The van der Waals surface area contributed by atoms with E-state index in [9.17, 15) is 29.7 Å². The maximum atomic E-state index is 14.2. The van der Waals surface area contributed by atoms with Gasteiger partial charge in [0.25, 0.3) is 0 Å². The molecule has 1 fully saturated rings. The van der Waals surface area contributed by atoms with E-state index in [4.69, 9.17) is 15.2 Å². The molecular formula is C47H83N3O8. The highest BCUT2D eigenvalue weighted by atomic mass is 16.6. The molecule has 0 unspecified atom stereocenters. The topological polar surface area (TPSA) is 163 Å². The number of benzene rings is 1. The first-order valence-corrected chi connectivity index (χ1v) is 23.4. The number of aliphatic hydroxyl groups excluding tert-OH is 3. The number of amides is 3. The van der Waals surface area contributed by atoms with Gasteiger partial charge in [-0.15, -0.1) is 0 Å². The lowest BCUT2D eigenvalue weighted by molar-refractivity contribution is -0.244. The van der Waals surface area contributed by atoms with Crippen molar-refractivity contribution in [2.75, 3.05) is 13.2 Å². The number of imide groups is 1. The molecule has 11 heteroatoms. The Morgan fingerprint density at radius 3 is 1.59 bits per heavy atom. The van der Waals surface area contributed by atoms with Crippen molar-refractivity contribution in [1.29, 1.82) is 0 Å². The number of ether oxygens (including phenoxy) is 2. The largest absolute Gasteiger partial charge is 0.444 e. The van der Waals surface area contributed by atoms with Crippen LogP contribution in [0.1, 0.15) is 193 Å². The molecule has 0 radical (unpaired) electrons. The van der Waals surface area contributed by atoms with Crippen LogP contribution in [0.15, 0.2) is 30.3 Å². The molecule has 3 amide bonds. The summed E-state index contributed by atoms with van der Waals surface area (Å²) in [6, 6.07) is 6.26. The van der Waals surface area contributed by atoms with Crippen LogP contribution in [0.25, 0.3) is 0 Å². The van der Waals surface area contributed by atoms with E-state index in [2.05, 4.69) is 13.8 Å². The van der Waals surface area contributed by atoms with E-state index in [1.54, 1.807) is 24.3 Å². The SMILES string of the molecule is CCCCCCCCCCCCCCCCCCN(C(=O)CCCCCCCCCCC)[C@@H]1O[C@H](CO)[C@@H](O)[C@H](O)[C@H]1N(C(=O)OCc1ccccc1)C(=O)[C@@H](C)N. The molecular weight excluding hydrogens is 735 g/mol. The van der Waals surface area contributed by atoms with Gasteiger partial charge in [-0.3, -0.25) is 9.59 Å². The summed E-state index contributed by atoms with van der Waals surface area (Å²) in [5.41, 5.74) is 6.72. The lowest BCUT2D eigenvalue weighted by Gasteiger charge is -2.49. The summed E-state index contributed by atoms with van der Waals surface area (Å²) in [5, 5.41) is 32.9. The van der Waals surface area contributed by atoms with Crippen molar-refractivity contribution < 1.29 is 39.2 Å². The van der Waals surface area contributed by atoms with Crippen molar-refractivity contribution in [1.82, 2.24) is 9.80 Å². The molecule has 0 spiro atoms. The van der Waals surface area contributed by atoms with Gasteiger partial charge in [-0.05, 0) is 25.3 Å². The number of unbranched alkanes of at least 4 members (excludes halogenated alkanes) is 23. The van der Waals surface area contributed by atoms with Crippen LogP contribution in [-0.2, 0) is 25.7 Å². The molecule has 334 valence electrons. The standard InChI is InChI=1S/C47H83N3O8/c1-4-6-8-10-12-14-15-16-17-18-19-20-22-24-26-31-35-49(41(52)34-30-25-23-21-13-11-9-7-5-2)46-42(44(54)43(53)40(36-51)58-46)50(45(55)38(3)48)47(56)57-37-39-32-28-27-29-33-39/h27-29,32-33,38,40,42-44,46,51,53-54H,4-26,30-31,34-37,48H2,1-3H3/t38-,40-,42-,43-,44-,46-/m1/s1. The Bertz CT molecular complexity index is 1200. The van der Waals surface area contributed by atoms with Crippen LogP contribution in [0, 0.1) is 0 Å². The monoisotopic (exact) mass is 818 g/mol. The van der Waals surface area contributed by atoms with Gasteiger partial charge in [0.05, 0.1) is 12.6 Å². The highest BCUT2D eigenvalue weighted by Crippen LogP contribution is 2.30. The van der Waals surface area contributed by atoms with Gasteiger partial charge in [0.1, 0.15) is 31.0 Å². The first-order chi connectivity index (χ1) is 28.2. The molecule has 6 atom stereocenters. The summed E-state index contributed by atoms with van der Waals surface area (Å²) in [5.74, 6) is -1.08.